The molecule has 0 unspecified atom stereocenters. The first-order chi connectivity index (χ1) is 17.0. The summed E-state index contributed by atoms with van der Waals surface area (Å²) < 4.78 is 0. The van der Waals surface area contributed by atoms with Crippen LogP contribution in [0.1, 0.15) is 153 Å². The van der Waals surface area contributed by atoms with Crippen molar-refractivity contribution in [2.24, 2.45) is 0 Å². The number of rotatable bonds is 24. The van der Waals surface area contributed by atoms with Gasteiger partial charge in [0.05, 0.1) is 0 Å². The van der Waals surface area contributed by atoms with Gasteiger partial charge in [0.1, 0.15) is 0 Å². The molecule has 0 amide bonds. The summed E-state index contributed by atoms with van der Waals surface area (Å²) >= 11 is 5.57. The average molecular weight is 606 g/mol. The van der Waals surface area contributed by atoms with Gasteiger partial charge in [-0.3, -0.25) is 0 Å². The van der Waals surface area contributed by atoms with Crippen LogP contribution in [0.4, 0.5) is 0 Å². The Balaban J connectivity index is 0.0000122. The Labute approximate surface area is 246 Å². The van der Waals surface area contributed by atoms with E-state index in [1.54, 1.807) is 0 Å². The van der Waals surface area contributed by atoms with Gasteiger partial charge in [0.25, 0.3) is 0 Å². The van der Waals surface area contributed by atoms with Crippen molar-refractivity contribution < 1.29 is 29.3 Å². The molecule has 0 aliphatic carbocycles. The van der Waals surface area contributed by atoms with Crippen molar-refractivity contribution in [1.29, 1.82) is 0 Å². The maximum absolute atomic E-state index is 11.8. The molecule has 1 aromatic rings. The molecular weight excluding hydrogens is 553 g/mol. The van der Waals surface area contributed by atoms with Crippen LogP contribution in [0, 0.1) is 0 Å². The Hall–Kier alpha value is 0.763. The molecule has 0 aliphatic rings. The smallest absolute Gasteiger partial charge is 0.824 e. The molecule has 0 saturated carbocycles. The van der Waals surface area contributed by atoms with Gasteiger partial charge in [-0.15, -0.1) is 23.2 Å². The molecule has 0 aromatic heterocycles. The van der Waals surface area contributed by atoms with Gasteiger partial charge in [0, 0.05) is 4.90 Å². The van der Waals surface area contributed by atoms with Crippen LogP contribution < -0.4 is 9.79 Å². The van der Waals surface area contributed by atoms with Gasteiger partial charge in [-0.25, -0.2) is 0 Å². The van der Waals surface area contributed by atoms with Crippen molar-refractivity contribution in [3.05, 3.63) is 29.3 Å². The molecular formula is C30H53O2PS2Zn. The predicted octanol–water partition coefficient (Wildman–Crippen LogP) is 9.65. The Morgan fingerprint density at radius 1 is 0.611 bits per heavy atom. The first-order valence-electron chi connectivity index (χ1n) is 14.8. The zero-order chi connectivity index (χ0) is 25.6. The quantitative estimate of drug-likeness (QED) is 0.0668. The number of unbranched alkanes of at least 4 members (excludes halogenated alkanes) is 18. The monoisotopic (exact) mass is 604 g/mol. The minimum absolute atomic E-state index is 0. The van der Waals surface area contributed by atoms with Crippen LogP contribution in [-0.4, -0.2) is 0 Å². The second-order valence-electron chi connectivity index (χ2n) is 10.3. The second-order valence-corrected chi connectivity index (χ2v) is 16.0. The van der Waals surface area contributed by atoms with Crippen LogP contribution in [-0.2, 0) is 44.1 Å². The second kappa shape index (κ2) is 24.8. The topological polar surface area (TPSA) is 46.1 Å². The largest absolute Gasteiger partial charge is 2.00 e. The van der Waals surface area contributed by atoms with E-state index < -0.39 is 5.69 Å². The van der Waals surface area contributed by atoms with Crippen molar-refractivity contribution in [2.75, 3.05) is 0 Å². The molecule has 0 radical (unpaired) electrons. The standard InChI is InChI=1S/C30H55O2PS2.Zn/c1-3-5-7-9-11-13-15-17-19-21-23-28-25-26-30(35-33(31,32)34)29(27-28)24-22-20-18-16-14-12-10-8-6-4-2;/h25-27H,3-24H2,1-2H3,(H2,31,32,34);/q;+2/p-2. The summed E-state index contributed by atoms with van der Waals surface area (Å²) in [6.07, 6.45) is 28.7. The molecule has 0 N–H and O–H groups in total. The molecule has 1 aromatic carbocycles. The molecule has 0 saturated heterocycles. The molecule has 0 spiro atoms. The number of benzene rings is 1. The molecule has 0 aliphatic heterocycles. The minimum Gasteiger partial charge on any atom is -0.824 e. The van der Waals surface area contributed by atoms with Gasteiger partial charge in [0.2, 0.25) is 0 Å². The maximum atomic E-state index is 11.8. The molecule has 6 heteroatoms. The molecule has 0 bridgehead atoms. The number of aryl methyl sites for hydroxylation is 2. The molecule has 0 heterocycles. The van der Waals surface area contributed by atoms with E-state index in [0.29, 0.717) is 0 Å². The van der Waals surface area contributed by atoms with Gasteiger partial charge < -0.3 is 9.79 Å². The third kappa shape index (κ3) is 21.7. The Kier molecular flexibility index (Phi) is 25.3. The fourth-order valence-corrected chi connectivity index (χ4v) is 7.44. The van der Waals surface area contributed by atoms with Crippen LogP contribution in [0.5, 0.6) is 0 Å². The van der Waals surface area contributed by atoms with E-state index in [9.17, 15) is 9.79 Å². The predicted molar refractivity (Wildman–Crippen MR) is 158 cm³/mol. The summed E-state index contributed by atoms with van der Waals surface area (Å²) in [7, 11) is 0. The van der Waals surface area contributed by atoms with Gasteiger partial charge in [-0.2, -0.15) is 5.69 Å². The third-order valence-electron chi connectivity index (χ3n) is 6.95. The van der Waals surface area contributed by atoms with E-state index in [1.807, 2.05) is 6.07 Å². The first-order valence-corrected chi connectivity index (χ1v) is 18.9. The summed E-state index contributed by atoms with van der Waals surface area (Å²) in [6, 6.07) is 6.37. The molecule has 204 valence electrons. The zero-order valence-corrected chi connectivity index (χ0v) is 29.1. The Morgan fingerprint density at radius 3 is 1.42 bits per heavy atom. The fraction of sp³-hybridized carbons (Fsp3) is 0.800. The van der Waals surface area contributed by atoms with Crippen molar-refractivity contribution in [3.8, 4) is 0 Å². The van der Waals surface area contributed by atoms with E-state index in [2.05, 4.69) is 26.0 Å². The molecule has 2 nitrogen and oxygen atoms in total. The van der Waals surface area contributed by atoms with Crippen LogP contribution in [0.25, 0.3) is 0 Å². The van der Waals surface area contributed by atoms with Crippen LogP contribution >= 0.6 is 17.1 Å². The van der Waals surface area contributed by atoms with Gasteiger partial charge in [0.15, 0.2) is 0 Å². The summed E-state index contributed by atoms with van der Waals surface area (Å²) in [5.74, 6) is 0. The van der Waals surface area contributed by atoms with Crippen LogP contribution in [0.3, 0.4) is 0 Å². The summed E-state index contributed by atoms with van der Waals surface area (Å²) in [4.78, 5) is 24.4. The summed E-state index contributed by atoms with van der Waals surface area (Å²) in [5.41, 5.74) is -1.26. The van der Waals surface area contributed by atoms with Crippen LogP contribution in [0.2, 0.25) is 0 Å². The van der Waals surface area contributed by atoms with Crippen molar-refractivity contribution >= 4 is 28.9 Å². The van der Waals surface area contributed by atoms with E-state index in [-0.39, 0.29) is 19.5 Å². The fourth-order valence-electron chi connectivity index (χ4n) is 4.81. The van der Waals surface area contributed by atoms with Gasteiger partial charge in [-0.1, -0.05) is 142 Å². The van der Waals surface area contributed by atoms with Crippen LogP contribution in [0.15, 0.2) is 23.1 Å². The maximum Gasteiger partial charge on any atom is 2.00 e. The number of hydrogen-bond donors (Lipinski definition) is 0. The summed E-state index contributed by atoms with van der Waals surface area (Å²) in [6.45, 7) is 4.54. The van der Waals surface area contributed by atoms with E-state index in [0.717, 1.165) is 35.5 Å². The molecule has 0 atom stereocenters. The van der Waals surface area contributed by atoms with E-state index in [4.69, 9.17) is 11.8 Å². The van der Waals surface area contributed by atoms with Crippen molar-refractivity contribution in [3.63, 3.8) is 0 Å². The molecule has 1 rings (SSSR count). The van der Waals surface area contributed by atoms with Gasteiger partial charge >= 0.3 is 19.5 Å². The Morgan fingerprint density at radius 2 is 1.00 bits per heavy atom. The summed E-state index contributed by atoms with van der Waals surface area (Å²) in [5, 5.41) is 0. The van der Waals surface area contributed by atoms with Gasteiger partial charge in [-0.05, 0) is 42.9 Å². The minimum atomic E-state index is -3.79. The van der Waals surface area contributed by atoms with E-state index >= 15 is 0 Å². The van der Waals surface area contributed by atoms with E-state index in [1.165, 1.54) is 133 Å². The Bertz CT molecular complexity index is 681. The normalized spacial score (nSPS) is 11.6. The molecule has 36 heavy (non-hydrogen) atoms. The zero-order valence-electron chi connectivity index (χ0n) is 23.6. The molecule has 0 fully saturated rings. The average Bonchev–Trinajstić information content (AvgIpc) is 2.82. The first kappa shape index (κ1) is 36.8. The van der Waals surface area contributed by atoms with Crippen molar-refractivity contribution in [2.45, 2.75) is 160 Å². The SMILES string of the molecule is CCCCCCCCCCCCc1ccc(SP([O-])([O-])=S)c(CCCCCCCCCCCC)c1.[Zn+2]. The number of hydrogen-bond acceptors (Lipinski definition) is 4. The van der Waals surface area contributed by atoms with Crippen molar-refractivity contribution in [1.82, 2.24) is 0 Å². The third-order valence-corrected chi connectivity index (χ3v) is 9.70.